The predicted molar refractivity (Wildman–Crippen MR) is 65.0 cm³/mol. The first-order chi connectivity index (χ1) is 7.25. The molecular formula is C11H13N3S. The zero-order valence-corrected chi connectivity index (χ0v) is 9.34. The molecule has 0 spiro atoms. The van der Waals surface area contributed by atoms with Gasteiger partial charge in [-0.2, -0.15) is 0 Å². The van der Waals surface area contributed by atoms with Gasteiger partial charge in [0.25, 0.3) is 0 Å². The van der Waals surface area contributed by atoms with Gasteiger partial charge < -0.3 is 11.1 Å². The second-order valence-corrected chi connectivity index (χ2v) is 4.35. The fraction of sp³-hybridized carbons (Fsp3) is 0.182. The molecule has 4 heteroatoms. The van der Waals surface area contributed by atoms with Gasteiger partial charge in [-0.15, -0.1) is 11.3 Å². The van der Waals surface area contributed by atoms with Crippen LogP contribution in [0, 0.1) is 6.92 Å². The van der Waals surface area contributed by atoms with E-state index in [2.05, 4.69) is 10.3 Å². The van der Waals surface area contributed by atoms with Gasteiger partial charge in [0.15, 0.2) is 0 Å². The molecule has 0 unspecified atom stereocenters. The van der Waals surface area contributed by atoms with Crippen LogP contribution < -0.4 is 11.1 Å². The number of hydrogen-bond acceptors (Lipinski definition) is 4. The smallest absolute Gasteiger partial charge is 0.112 e. The van der Waals surface area contributed by atoms with Crippen LogP contribution in [0.15, 0.2) is 29.8 Å². The number of rotatable bonds is 3. The van der Waals surface area contributed by atoms with Crippen LogP contribution in [0.1, 0.15) is 10.6 Å². The molecule has 0 fully saturated rings. The number of aromatic nitrogens is 1. The van der Waals surface area contributed by atoms with E-state index in [0.29, 0.717) is 0 Å². The lowest BCUT2D eigenvalue weighted by atomic mass is 10.2. The summed E-state index contributed by atoms with van der Waals surface area (Å²) in [7, 11) is 0. The number of nitrogens with zero attached hydrogens (tertiary/aromatic N) is 1. The molecule has 1 heterocycles. The summed E-state index contributed by atoms with van der Waals surface area (Å²) in [6.07, 6.45) is 1.81. The van der Waals surface area contributed by atoms with Gasteiger partial charge in [-0.3, -0.25) is 0 Å². The summed E-state index contributed by atoms with van der Waals surface area (Å²) in [6.45, 7) is 2.78. The lowest BCUT2D eigenvalue weighted by Gasteiger charge is -2.08. The van der Waals surface area contributed by atoms with Crippen molar-refractivity contribution in [2.24, 2.45) is 0 Å². The molecule has 0 bridgehead atoms. The molecular weight excluding hydrogens is 206 g/mol. The summed E-state index contributed by atoms with van der Waals surface area (Å²) in [5, 5.41) is 6.31. The van der Waals surface area contributed by atoms with Crippen LogP contribution in [-0.2, 0) is 6.54 Å². The molecule has 0 aliphatic rings. The van der Waals surface area contributed by atoms with Crippen LogP contribution in [0.4, 0.5) is 11.4 Å². The Morgan fingerprint density at radius 3 is 3.07 bits per heavy atom. The van der Waals surface area contributed by atoms with Crippen molar-refractivity contribution in [2.45, 2.75) is 13.5 Å². The van der Waals surface area contributed by atoms with Crippen molar-refractivity contribution in [3.05, 3.63) is 40.3 Å². The maximum absolute atomic E-state index is 5.85. The molecule has 15 heavy (non-hydrogen) atoms. The van der Waals surface area contributed by atoms with Gasteiger partial charge in [0.05, 0.1) is 17.9 Å². The highest BCUT2D eigenvalue weighted by atomic mass is 32.1. The van der Waals surface area contributed by atoms with E-state index in [1.165, 1.54) is 5.56 Å². The number of nitrogens with two attached hydrogens (primary N) is 1. The Morgan fingerprint density at radius 2 is 2.33 bits per heavy atom. The molecule has 1 aromatic carbocycles. The van der Waals surface area contributed by atoms with Crippen molar-refractivity contribution < 1.29 is 0 Å². The summed E-state index contributed by atoms with van der Waals surface area (Å²) < 4.78 is 0. The Bertz CT molecular complexity index is 437. The molecule has 0 radical (unpaired) electrons. The molecule has 0 atom stereocenters. The van der Waals surface area contributed by atoms with Crippen LogP contribution in [0.3, 0.4) is 0 Å². The average molecular weight is 219 g/mol. The molecule has 0 aliphatic heterocycles. The van der Waals surface area contributed by atoms with Crippen LogP contribution in [0.25, 0.3) is 0 Å². The zero-order valence-electron chi connectivity index (χ0n) is 8.53. The van der Waals surface area contributed by atoms with Crippen LogP contribution in [0.5, 0.6) is 0 Å². The summed E-state index contributed by atoms with van der Waals surface area (Å²) in [6, 6.07) is 5.96. The monoisotopic (exact) mass is 219 g/mol. The molecule has 3 nitrogen and oxygen atoms in total. The molecule has 1 aromatic heterocycles. The Hall–Kier alpha value is -1.55. The van der Waals surface area contributed by atoms with Crippen molar-refractivity contribution in [3.63, 3.8) is 0 Å². The first-order valence-electron chi connectivity index (χ1n) is 4.74. The van der Waals surface area contributed by atoms with E-state index in [1.54, 1.807) is 17.5 Å². The summed E-state index contributed by atoms with van der Waals surface area (Å²) >= 11 is 1.64. The van der Waals surface area contributed by atoms with Crippen LogP contribution in [0.2, 0.25) is 0 Å². The molecule has 0 saturated heterocycles. The number of hydrogen-bond donors (Lipinski definition) is 2. The number of benzene rings is 1. The Kier molecular flexibility index (Phi) is 2.87. The lowest BCUT2D eigenvalue weighted by Crippen LogP contribution is -2.02. The van der Waals surface area contributed by atoms with Gasteiger partial charge >= 0.3 is 0 Å². The molecule has 0 saturated carbocycles. The van der Waals surface area contributed by atoms with Crippen LogP contribution >= 0.6 is 11.3 Å². The van der Waals surface area contributed by atoms with Crippen molar-refractivity contribution in [2.75, 3.05) is 11.1 Å². The maximum Gasteiger partial charge on any atom is 0.112 e. The van der Waals surface area contributed by atoms with E-state index in [-0.39, 0.29) is 0 Å². The van der Waals surface area contributed by atoms with E-state index in [0.717, 1.165) is 22.9 Å². The lowest BCUT2D eigenvalue weighted by molar-refractivity contribution is 1.10. The highest BCUT2D eigenvalue weighted by Gasteiger charge is 2.00. The van der Waals surface area contributed by atoms with Gasteiger partial charge in [0, 0.05) is 11.6 Å². The summed E-state index contributed by atoms with van der Waals surface area (Å²) in [5.74, 6) is 0. The van der Waals surface area contributed by atoms with Crippen LogP contribution in [-0.4, -0.2) is 4.98 Å². The highest BCUT2D eigenvalue weighted by molar-refractivity contribution is 7.09. The average Bonchev–Trinajstić information content (AvgIpc) is 2.72. The summed E-state index contributed by atoms with van der Waals surface area (Å²) in [4.78, 5) is 4.20. The fourth-order valence-corrected chi connectivity index (χ4v) is 1.89. The number of nitrogens with one attached hydrogen (secondary N) is 1. The molecule has 2 rings (SSSR count). The predicted octanol–water partition coefficient (Wildman–Crippen LogP) is 2.65. The van der Waals surface area contributed by atoms with Gasteiger partial charge in [-0.1, -0.05) is 6.07 Å². The SMILES string of the molecule is Cc1ccc(N)c(NCc2nccs2)c1. The van der Waals surface area contributed by atoms with Gasteiger partial charge in [-0.25, -0.2) is 4.98 Å². The second-order valence-electron chi connectivity index (χ2n) is 3.37. The second kappa shape index (κ2) is 4.31. The molecule has 0 amide bonds. The number of anilines is 2. The number of aryl methyl sites for hydroxylation is 1. The van der Waals surface area contributed by atoms with Gasteiger partial charge in [0.1, 0.15) is 5.01 Å². The van der Waals surface area contributed by atoms with E-state index in [1.807, 2.05) is 30.5 Å². The van der Waals surface area contributed by atoms with E-state index in [9.17, 15) is 0 Å². The standard InChI is InChI=1S/C11H13N3S/c1-8-2-3-9(12)10(6-8)14-7-11-13-4-5-15-11/h2-6,14H,7,12H2,1H3. The molecule has 0 aliphatic carbocycles. The maximum atomic E-state index is 5.85. The highest BCUT2D eigenvalue weighted by Crippen LogP contribution is 2.20. The summed E-state index contributed by atoms with van der Waals surface area (Å²) in [5.41, 5.74) is 8.80. The van der Waals surface area contributed by atoms with E-state index < -0.39 is 0 Å². The Morgan fingerprint density at radius 1 is 1.47 bits per heavy atom. The van der Waals surface area contributed by atoms with Crippen molar-refractivity contribution in [1.82, 2.24) is 4.98 Å². The minimum absolute atomic E-state index is 0.728. The topological polar surface area (TPSA) is 50.9 Å². The first-order valence-corrected chi connectivity index (χ1v) is 5.62. The third-order valence-electron chi connectivity index (χ3n) is 2.12. The zero-order chi connectivity index (χ0) is 10.7. The molecule has 2 aromatic rings. The largest absolute Gasteiger partial charge is 0.397 e. The Labute approximate surface area is 93.0 Å². The third-order valence-corrected chi connectivity index (χ3v) is 2.90. The third kappa shape index (κ3) is 2.47. The minimum Gasteiger partial charge on any atom is -0.397 e. The Balaban J connectivity index is 2.07. The molecule has 3 N–H and O–H groups in total. The normalized spacial score (nSPS) is 10.2. The quantitative estimate of drug-likeness (QED) is 0.780. The van der Waals surface area contributed by atoms with Crippen molar-refractivity contribution in [3.8, 4) is 0 Å². The van der Waals surface area contributed by atoms with E-state index >= 15 is 0 Å². The first kappa shape index (κ1) is 9.98. The number of thiazole rings is 1. The van der Waals surface area contributed by atoms with Crippen molar-refractivity contribution >= 4 is 22.7 Å². The van der Waals surface area contributed by atoms with Gasteiger partial charge in [0.2, 0.25) is 0 Å². The van der Waals surface area contributed by atoms with E-state index in [4.69, 9.17) is 5.73 Å². The van der Waals surface area contributed by atoms with Crippen molar-refractivity contribution in [1.29, 1.82) is 0 Å². The minimum atomic E-state index is 0.728. The molecule has 78 valence electrons. The number of nitrogen functional groups attached to an aromatic ring is 1. The van der Waals surface area contributed by atoms with Gasteiger partial charge in [-0.05, 0) is 24.6 Å². The fourth-order valence-electron chi connectivity index (χ4n) is 1.33.